The van der Waals surface area contributed by atoms with Gasteiger partial charge in [-0.15, -0.1) is 0 Å². The number of phenols is 1. The predicted molar refractivity (Wildman–Crippen MR) is 91.2 cm³/mol. The van der Waals surface area contributed by atoms with E-state index in [2.05, 4.69) is 26.5 Å². The Hall–Kier alpha value is -2.14. The molecule has 0 saturated carbocycles. The number of hydrogen-bond donors (Lipinski definition) is 2. The SMILES string of the molecule is Cc1ccc(CC(=O)N/N=C\c2cc(Br)ccc2O)c(C)c1. The summed E-state index contributed by atoms with van der Waals surface area (Å²) >= 11 is 3.32. The molecule has 0 spiro atoms. The standard InChI is InChI=1S/C17H17BrN2O2/c1-11-3-4-13(12(2)7-11)9-17(22)20-19-10-14-8-15(18)5-6-16(14)21/h3-8,10,21H,9H2,1-2H3,(H,20,22)/b19-10-. The Morgan fingerprint density at radius 2 is 2.05 bits per heavy atom. The molecule has 0 radical (unpaired) electrons. The van der Waals surface area contributed by atoms with E-state index in [1.807, 2.05) is 32.0 Å². The van der Waals surface area contributed by atoms with Crippen LogP contribution in [0.15, 0.2) is 46.0 Å². The monoisotopic (exact) mass is 360 g/mol. The Morgan fingerprint density at radius 3 is 2.77 bits per heavy atom. The molecule has 22 heavy (non-hydrogen) atoms. The number of phenolic OH excluding ortho intramolecular Hbond substituents is 1. The summed E-state index contributed by atoms with van der Waals surface area (Å²) in [4.78, 5) is 11.9. The molecular formula is C17H17BrN2O2. The maximum Gasteiger partial charge on any atom is 0.244 e. The minimum atomic E-state index is -0.197. The quantitative estimate of drug-likeness (QED) is 0.647. The molecule has 0 unspecified atom stereocenters. The van der Waals surface area contributed by atoms with Crippen LogP contribution in [0.4, 0.5) is 0 Å². The van der Waals surface area contributed by atoms with E-state index in [9.17, 15) is 9.90 Å². The van der Waals surface area contributed by atoms with Gasteiger partial charge in [0.2, 0.25) is 5.91 Å². The smallest absolute Gasteiger partial charge is 0.244 e. The van der Waals surface area contributed by atoms with Gasteiger partial charge in [0.1, 0.15) is 5.75 Å². The third-order valence-electron chi connectivity index (χ3n) is 3.23. The van der Waals surface area contributed by atoms with Crippen LogP contribution < -0.4 is 5.43 Å². The molecule has 0 fully saturated rings. The number of carbonyl (C=O) groups is 1. The second-order valence-electron chi connectivity index (χ2n) is 5.10. The fourth-order valence-electron chi connectivity index (χ4n) is 2.06. The van der Waals surface area contributed by atoms with Crippen LogP contribution in [-0.4, -0.2) is 17.2 Å². The van der Waals surface area contributed by atoms with E-state index in [4.69, 9.17) is 0 Å². The Kier molecular flexibility index (Phi) is 5.33. The van der Waals surface area contributed by atoms with Crippen molar-refractivity contribution in [2.45, 2.75) is 20.3 Å². The summed E-state index contributed by atoms with van der Waals surface area (Å²) in [6.45, 7) is 4.00. The molecule has 0 atom stereocenters. The predicted octanol–water partition coefficient (Wildman–Crippen LogP) is 3.46. The lowest BCUT2D eigenvalue weighted by Gasteiger charge is -2.06. The van der Waals surface area contributed by atoms with E-state index in [0.717, 1.165) is 15.6 Å². The van der Waals surface area contributed by atoms with Gasteiger partial charge < -0.3 is 5.11 Å². The van der Waals surface area contributed by atoms with Gasteiger partial charge in [0.05, 0.1) is 12.6 Å². The topological polar surface area (TPSA) is 61.7 Å². The molecule has 0 saturated heterocycles. The Bertz CT molecular complexity index is 727. The second-order valence-corrected chi connectivity index (χ2v) is 6.02. The second kappa shape index (κ2) is 7.22. The highest BCUT2D eigenvalue weighted by Crippen LogP contribution is 2.19. The van der Waals surface area contributed by atoms with Crippen LogP contribution in [0, 0.1) is 13.8 Å². The lowest BCUT2D eigenvalue weighted by molar-refractivity contribution is -0.120. The van der Waals surface area contributed by atoms with Gasteiger partial charge in [-0.2, -0.15) is 5.10 Å². The first-order valence-electron chi connectivity index (χ1n) is 6.82. The highest BCUT2D eigenvalue weighted by molar-refractivity contribution is 9.10. The van der Waals surface area contributed by atoms with Crippen LogP contribution in [0.3, 0.4) is 0 Å². The number of rotatable bonds is 4. The maximum absolute atomic E-state index is 11.9. The molecule has 0 aliphatic rings. The lowest BCUT2D eigenvalue weighted by atomic mass is 10.0. The van der Waals surface area contributed by atoms with E-state index in [1.54, 1.807) is 18.2 Å². The number of amides is 1. The van der Waals surface area contributed by atoms with Crippen LogP contribution in [0.1, 0.15) is 22.3 Å². The summed E-state index contributed by atoms with van der Waals surface area (Å²) in [6.07, 6.45) is 1.69. The Labute approximate surface area is 138 Å². The largest absolute Gasteiger partial charge is 0.507 e. The number of hydrazone groups is 1. The van der Waals surface area contributed by atoms with Crippen molar-refractivity contribution in [2.24, 2.45) is 5.10 Å². The average molecular weight is 361 g/mol. The molecule has 0 aliphatic heterocycles. The maximum atomic E-state index is 11.9. The molecule has 2 N–H and O–H groups in total. The summed E-state index contributed by atoms with van der Waals surface area (Å²) < 4.78 is 0.827. The minimum absolute atomic E-state index is 0.107. The van der Waals surface area contributed by atoms with Crippen LogP contribution >= 0.6 is 15.9 Å². The molecular weight excluding hydrogens is 344 g/mol. The van der Waals surface area contributed by atoms with Crippen molar-refractivity contribution >= 4 is 28.1 Å². The van der Waals surface area contributed by atoms with Crippen molar-refractivity contribution in [3.8, 4) is 5.75 Å². The molecule has 4 nitrogen and oxygen atoms in total. The van der Waals surface area contributed by atoms with Crippen molar-refractivity contribution in [2.75, 3.05) is 0 Å². The van der Waals surface area contributed by atoms with Crippen molar-refractivity contribution in [1.29, 1.82) is 0 Å². The highest BCUT2D eigenvalue weighted by Gasteiger charge is 2.05. The van der Waals surface area contributed by atoms with Crippen molar-refractivity contribution in [3.63, 3.8) is 0 Å². The highest BCUT2D eigenvalue weighted by atomic mass is 79.9. The van der Waals surface area contributed by atoms with Gasteiger partial charge in [0.15, 0.2) is 0 Å². The van der Waals surface area contributed by atoms with E-state index in [0.29, 0.717) is 5.56 Å². The van der Waals surface area contributed by atoms with Gasteiger partial charge in [0.25, 0.3) is 0 Å². The minimum Gasteiger partial charge on any atom is -0.507 e. The van der Waals surface area contributed by atoms with Crippen LogP contribution in [0.5, 0.6) is 5.75 Å². The molecule has 0 heterocycles. The van der Waals surface area contributed by atoms with Gasteiger partial charge in [-0.25, -0.2) is 5.43 Å². The molecule has 2 rings (SSSR count). The number of benzene rings is 2. The third kappa shape index (κ3) is 4.43. The van der Waals surface area contributed by atoms with Crippen molar-refractivity contribution in [1.82, 2.24) is 5.43 Å². The number of nitrogens with zero attached hydrogens (tertiary/aromatic N) is 1. The van der Waals surface area contributed by atoms with Crippen LogP contribution in [0.25, 0.3) is 0 Å². The lowest BCUT2D eigenvalue weighted by Crippen LogP contribution is -2.20. The molecule has 0 aromatic heterocycles. The van der Waals surface area contributed by atoms with Crippen molar-refractivity contribution in [3.05, 3.63) is 63.1 Å². The molecule has 0 aliphatic carbocycles. The number of hydrogen-bond acceptors (Lipinski definition) is 3. The van der Waals surface area contributed by atoms with E-state index in [1.165, 1.54) is 11.8 Å². The van der Waals surface area contributed by atoms with E-state index in [-0.39, 0.29) is 18.1 Å². The zero-order valence-corrected chi connectivity index (χ0v) is 14.0. The summed E-state index contributed by atoms with van der Waals surface area (Å²) in [5.41, 5.74) is 6.23. The number of carbonyl (C=O) groups excluding carboxylic acids is 1. The van der Waals surface area contributed by atoms with Crippen LogP contribution in [0.2, 0.25) is 0 Å². The third-order valence-corrected chi connectivity index (χ3v) is 3.72. The Morgan fingerprint density at radius 1 is 1.27 bits per heavy atom. The van der Waals surface area contributed by atoms with Gasteiger partial charge in [-0.1, -0.05) is 39.7 Å². The van der Waals surface area contributed by atoms with Crippen LogP contribution in [-0.2, 0) is 11.2 Å². The Balaban J connectivity index is 1.98. The molecule has 114 valence electrons. The molecule has 0 bridgehead atoms. The van der Waals surface area contributed by atoms with Gasteiger partial charge >= 0.3 is 0 Å². The first-order valence-corrected chi connectivity index (χ1v) is 7.61. The number of halogens is 1. The van der Waals surface area contributed by atoms with E-state index < -0.39 is 0 Å². The summed E-state index contributed by atoms with van der Waals surface area (Å²) in [7, 11) is 0. The molecule has 2 aromatic rings. The first-order chi connectivity index (χ1) is 10.5. The molecule has 2 aromatic carbocycles. The zero-order chi connectivity index (χ0) is 16.1. The molecule has 5 heteroatoms. The summed E-state index contributed by atoms with van der Waals surface area (Å²) in [6, 6.07) is 11.0. The average Bonchev–Trinajstić information content (AvgIpc) is 2.46. The summed E-state index contributed by atoms with van der Waals surface area (Å²) in [5, 5.41) is 13.6. The first kappa shape index (κ1) is 16.2. The number of nitrogens with one attached hydrogen (secondary N) is 1. The normalized spacial score (nSPS) is 10.9. The summed E-state index contributed by atoms with van der Waals surface area (Å²) in [5.74, 6) is -0.0896. The fraction of sp³-hybridized carbons (Fsp3) is 0.176. The molecule has 1 amide bonds. The number of aromatic hydroxyl groups is 1. The van der Waals surface area contributed by atoms with E-state index >= 15 is 0 Å². The van der Waals surface area contributed by atoms with Gasteiger partial charge in [0, 0.05) is 10.0 Å². The number of aryl methyl sites for hydroxylation is 2. The van der Waals surface area contributed by atoms with Crippen molar-refractivity contribution < 1.29 is 9.90 Å². The van der Waals surface area contributed by atoms with Gasteiger partial charge in [-0.3, -0.25) is 4.79 Å². The fourth-order valence-corrected chi connectivity index (χ4v) is 2.44. The zero-order valence-electron chi connectivity index (χ0n) is 12.4. The van der Waals surface area contributed by atoms with Gasteiger partial charge in [-0.05, 0) is 43.2 Å².